The van der Waals surface area contributed by atoms with E-state index < -0.39 is 25.8 Å². The molecule has 0 aliphatic carbocycles. The van der Waals surface area contributed by atoms with E-state index in [9.17, 15) is 8.42 Å². The lowest BCUT2D eigenvalue weighted by Crippen LogP contribution is -2.31. The molecule has 12 heteroatoms. The molecule has 88 valence electrons. The van der Waals surface area contributed by atoms with Crippen molar-refractivity contribution in [3.63, 3.8) is 0 Å². The van der Waals surface area contributed by atoms with Gasteiger partial charge in [0.1, 0.15) is 0 Å². The molecule has 1 spiro atoms. The first-order valence-corrected chi connectivity index (χ1v) is 10.2. The zero-order valence-electron chi connectivity index (χ0n) is 7.30. The lowest BCUT2D eigenvalue weighted by atomic mass is 10.4. The molecular formula is C3H8Cl2N5O2PS2. The van der Waals surface area contributed by atoms with Crippen LogP contribution in [0, 0.1) is 0 Å². The van der Waals surface area contributed by atoms with Crippen LogP contribution in [0.3, 0.4) is 0 Å². The zero-order valence-corrected chi connectivity index (χ0v) is 11.3. The zero-order chi connectivity index (χ0) is 11.2. The van der Waals surface area contributed by atoms with Crippen LogP contribution in [0.2, 0.25) is 0 Å². The molecule has 0 unspecified atom stereocenters. The Morgan fingerprint density at radius 3 is 2.27 bits per heavy atom. The summed E-state index contributed by atoms with van der Waals surface area (Å²) in [4.78, 5) is 0. The topological polar surface area (TPSA) is 95.3 Å². The Bertz CT molecular complexity index is 547. The van der Waals surface area contributed by atoms with E-state index in [2.05, 4.69) is 22.2 Å². The van der Waals surface area contributed by atoms with Crippen molar-refractivity contribution in [1.82, 2.24) is 10.2 Å². The van der Waals surface area contributed by atoms with E-state index in [1.807, 2.05) is 0 Å². The highest BCUT2D eigenvalue weighted by Crippen LogP contribution is 2.50. The fourth-order valence-electron chi connectivity index (χ4n) is 1.18. The van der Waals surface area contributed by atoms with E-state index in [4.69, 9.17) is 21.4 Å². The fourth-order valence-corrected chi connectivity index (χ4v) is 10.8. The Labute approximate surface area is 97.2 Å². The molecule has 2 aliphatic heterocycles. The largest absolute Gasteiger partial charge is 0.254 e. The smallest absolute Gasteiger partial charge is 0.252 e. The van der Waals surface area contributed by atoms with Gasteiger partial charge < -0.3 is 0 Å². The van der Waals surface area contributed by atoms with E-state index >= 15 is 0 Å². The summed E-state index contributed by atoms with van der Waals surface area (Å²) in [5, 5.41) is 5.85. The molecule has 2 atom stereocenters. The second kappa shape index (κ2) is 3.83. The molecule has 2 aliphatic rings. The normalized spacial score (nSPS) is 43.9. The van der Waals surface area contributed by atoms with Crippen LogP contribution < -0.4 is 10.2 Å². The summed E-state index contributed by atoms with van der Waals surface area (Å²) in [5.41, 5.74) is 0. The van der Waals surface area contributed by atoms with Crippen LogP contribution in [0.25, 0.3) is 0 Å². The summed E-state index contributed by atoms with van der Waals surface area (Å²) >= 11 is 0. The maximum atomic E-state index is 11.6. The minimum atomic E-state index is -3.40. The molecule has 0 bridgehead atoms. The van der Waals surface area contributed by atoms with Crippen molar-refractivity contribution in [3.05, 3.63) is 0 Å². The van der Waals surface area contributed by atoms with Gasteiger partial charge in [0.2, 0.25) is 7.51 Å². The molecule has 2 N–H and O–H groups in total. The molecule has 15 heavy (non-hydrogen) atoms. The van der Waals surface area contributed by atoms with Gasteiger partial charge in [0.25, 0.3) is 18.3 Å². The third-order valence-corrected chi connectivity index (χ3v) is 10.1. The standard InChI is InChI=1S/C3H8Cl2N5O2PS2/c4-14(11)8-13(6-2-1-3-7-13)9-15(5,12)10-14/h6-7H,1-3H2/t14-,15+. The van der Waals surface area contributed by atoms with E-state index in [1.54, 1.807) is 0 Å². The number of halogens is 2. The van der Waals surface area contributed by atoms with Crippen LogP contribution in [0.15, 0.2) is 12.1 Å². The molecule has 2 rings (SSSR count). The van der Waals surface area contributed by atoms with E-state index in [0.29, 0.717) is 13.1 Å². The summed E-state index contributed by atoms with van der Waals surface area (Å²) < 4.78 is 33.9. The van der Waals surface area contributed by atoms with Gasteiger partial charge in [-0.15, -0.1) is 8.28 Å². The molecule has 1 fully saturated rings. The molecule has 0 saturated carbocycles. The van der Waals surface area contributed by atoms with Gasteiger partial charge in [0, 0.05) is 34.5 Å². The summed E-state index contributed by atoms with van der Waals surface area (Å²) in [5.74, 6) is 0. The highest BCUT2D eigenvalue weighted by atomic mass is 35.7. The minimum absolute atomic E-state index is 0.632. The van der Waals surface area contributed by atoms with Crippen molar-refractivity contribution >= 4 is 47.1 Å². The maximum Gasteiger partial charge on any atom is 0.254 e. The van der Waals surface area contributed by atoms with Crippen molar-refractivity contribution in [3.8, 4) is 0 Å². The lowest BCUT2D eigenvalue weighted by Gasteiger charge is -2.27. The van der Waals surface area contributed by atoms with Crippen LogP contribution in [0.4, 0.5) is 0 Å². The Kier molecular flexibility index (Phi) is 3.09. The van der Waals surface area contributed by atoms with Gasteiger partial charge in [-0.05, 0) is 6.42 Å². The van der Waals surface area contributed by atoms with Gasteiger partial charge in [-0.25, -0.2) is 8.42 Å². The Morgan fingerprint density at radius 2 is 1.73 bits per heavy atom. The van der Waals surface area contributed by atoms with Crippen LogP contribution in [0.1, 0.15) is 6.42 Å². The molecule has 0 aromatic carbocycles. The SMILES string of the molecule is O=[S@@]1(Cl)=N[S@](=O)(Cl)=NP2(=N1)NCCCN2. The monoisotopic (exact) mass is 311 g/mol. The molecule has 0 radical (unpaired) electrons. The summed E-state index contributed by atoms with van der Waals surface area (Å²) in [6, 6.07) is 0. The predicted molar refractivity (Wildman–Crippen MR) is 62.8 cm³/mol. The van der Waals surface area contributed by atoms with Crippen molar-refractivity contribution < 1.29 is 8.42 Å². The first-order chi connectivity index (χ1) is 6.83. The van der Waals surface area contributed by atoms with Crippen molar-refractivity contribution in [2.24, 2.45) is 12.1 Å². The quantitative estimate of drug-likeness (QED) is 0.524. The highest BCUT2D eigenvalue weighted by molar-refractivity contribution is 8.27. The maximum absolute atomic E-state index is 11.6. The third-order valence-electron chi connectivity index (χ3n) is 1.64. The fraction of sp³-hybridized carbons (Fsp3) is 1.00. The van der Waals surface area contributed by atoms with E-state index in [1.165, 1.54) is 0 Å². The van der Waals surface area contributed by atoms with Crippen LogP contribution >= 0.6 is 28.9 Å². The van der Waals surface area contributed by atoms with Gasteiger partial charge in [-0.3, -0.25) is 10.2 Å². The predicted octanol–water partition coefficient (Wildman–Crippen LogP) is 1.60. The average Bonchev–Trinajstić information content (AvgIpc) is 1.97. The summed E-state index contributed by atoms with van der Waals surface area (Å²) in [6.07, 6.45) is 0.872. The number of nitrogens with one attached hydrogen (secondary N) is 2. The number of rotatable bonds is 0. The van der Waals surface area contributed by atoms with Crippen LogP contribution in [-0.4, -0.2) is 21.5 Å². The van der Waals surface area contributed by atoms with E-state index in [0.717, 1.165) is 6.42 Å². The number of hydrogen-bond acceptors (Lipinski definition) is 5. The average molecular weight is 312 g/mol. The Balaban J connectivity index is 2.66. The number of nitrogens with zero attached hydrogens (tertiary/aromatic N) is 3. The molecular weight excluding hydrogens is 304 g/mol. The van der Waals surface area contributed by atoms with Crippen molar-refractivity contribution in [2.75, 3.05) is 13.1 Å². The van der Waals surface area contributed by atoms with Crippen LogP contribution in [-0.2, 0) is 18.3 Å². The second-order valence-electron chi connectivity index (χ2n) is 2.87. The molecule has 0 aromatic heterocycles. The first kappa shape index (κ1) is 12.1. The van der Waals surface area contributed by atoms with Gasteiger partial charge in [0.15, 0.2) is 0 Å². The van der Waals surface area contributed by atoms with Gasteiger partial charge in [0.05, 0.1) is 0 Å². The van der Waals surface area contributed by atoms with Gasteiger partial charge in [-0.1, -0.05) is 3.77 Å². The minimum Gasteiger partial charge on any atom is -0.252 e. The summed E-state index contributed by atoms with van der Waals surface area (Å²) in [6.45, 7) is 1.26. The molecule has 0 aromatic rings. The molecule has 1 saturated heterocycles. The van der Waals surface area contributed by atoms with Crippen molar-refractivity contribution in [2.45, 2.75) is 6.42 Å². The lowest BCUT2D eigenvalue weighted by molar-refractivity contribution is 0.678. The van der Waals surface area contributed by atoms with Gasteiger partial charge >= 0.3 is 0 Å². The van der Waals surface area contributed by atoms with Crippen molar-refractivity contribution in [1.29, 1.82) is 0 Å². The molecule has 2 heterocycles. The third kappa shape index (κ3) is 2.85. The van der Waals surface area contributed by atoms with Crippen LogP contribution in [0.5, 0.6) is 0 Å². The Morgan fingerprint density at radius 1 is 1.13 bits per heavy atom. The number of hydrogen-bond donors (Lipinski definition) is 2. The van der Waals surface area contributed by atoms with E-state index in [-0.39, 0.29) is 0 Å². The Hall–Kier alpha value is 0.630. The second-order valence-corrected chi connectivity index (χ2v) is 10.7. The molecule has 7 nitrogen and oxygen atoms in total. The first-order valence-electron chi connectivity index (χ1n) is 3.93. The summed E-state index contributed by atoms with van der Waals surface area (Å²) in [7, 11) is 1.50. The highest BCUT2D eigenvalue weighted by Gasteiger charge is 2.30. The van der Waals surface area contributed by atoms with Gasteiger partial charge in [-0.2, -0.15) is 0 Å². The molecule has 0 amide bonds.